The molecule has 6 heteroatoms. The van der Waals surface area contributed by atoms with Gasteiger partial charge in [0.05, 0.1) is 25.4 Å². The predicted molar refractivity (Wildman–Crippen MR) is 232 cm³/mol. The van der Waals surface area contributed by atoms with Crippen LogP contribution in [-0.2, 0) is 14.3 Å². The summed E-state index contributed by atoms with van der Waals surface area (Å²) < 4.78 is 5.40. The number of amides is 1. The van der Waals surface area contributed by atoms with E-state index in [1.807, 2.05) is 6.08 Å². The Morgan fingerprint density at radius 1 is 0.500 bits per heavy atom. The third-order valence-electron chi connectivity index (χ3n) is 10.4. The summed E-state index contributed by atoms with van der Waals surface area (Å²) in [5.41, 5.74) is 0. The molecule has 6 nitrogen and oxygen atoms in total. The first kappa shape index (κ1) is 52.1. The van der Waals surface area contributed by atoms with Gasteiger partial charge in [0.15, 0.2) is 0 Å². The van der Waals surface area contributed by atoms with E-state index in [0.29, 0.717) is 19.4 Å². The topological polar surface area (TPSA) is 95.9 Å². The van der Waals surface area contributed by atoms with Crippen LogP contribution < -0.4 is 5.32 Å². The zero-order valence-corrected chi connectivity index (χ0v) is 35.7. The molecular formula is C48H89NO5. The highest BCUT2D eigenvalue weighted by molar-refractivity contribution is 5.76. The highest BCUT2D eigenvalue weighted by Crippen LogP contribution is 2.14. The highest BCUT2D eigenvalue weighted by atomic mass is 16.5. The second kappa shape index (κ2) is 43.8. The fourth-order valence-corrected chi connectivity index (χ4v) is 6.72. The van der Waals surface area contributed by atoms with Crippen LogP contribution in [0.25, 0.3) is 0 Å². The molecule has 3 N–H and O–H groups in total. The molecule has 0 rings (SSSR count). The van der Waals surface area contributed by atoms with E-state index in [4.69, 9.17) is 4.74 Å². The zero-order valence-electron chi connectivity index (χ0n) is 35.7. The van der Waals surface area contributed by atoms with Crippen molar-refractivity contribution in [3.8, 4) is 0 Å². The summed E-state index contributed by atoms with van der Waals surface area (Å²) in [5, 5.41) is 23.0. The minimum Gasteiger partial charge on any atom is -0.466 e. The maximum absolute atomic E-state index is 12.4. The number of hydrogen-bond donors (Lipinski definition) is 3. The number of hydrogen-bond acceptors (Lipinski definition) is 5. The quantitative estimate of drug-likeness (QED) is 0.0327. The summed E-state index contributed by atoms with van der Waals surface area (Å²) in [4.78, 5) is 24.3. The second-order valence-electron chi connectivity index (χ2n) is 15.7. The van der Waals surface area contributed by atoms with E-state index in [1.54, 1.807) is 6.08 Å². The molecule has 0 aromatic rings. The number of ether oxygens (including phenoxy) is 1. The minimum absolute atomic E-state index is 0.0504. The van der Waals surface area contributed by atoms with Gasteiger partial charge in [-0.1, -0.05) is 179 Å². The smallest absolute Gasteiger partial charge is 0.305 e. The summed E-state index contributed by atoms with van der Waals surface area (Å²) in [6.45, 7) is 4.76. The molecular weight excluding hydrogens is 671 g/mol. The molecule has 316 valence electrons. The largest absolute Gasteiger partial charge is 0.466 e. The first-order valence-corrected chi connectivity index (χ1v) is 23.3. The van der Waals surface area contributed by atoms with Crippen molar-refractivity contribution in [1.82, 2.24) is 5.32 Å². The van der Waals surface area contributed by atoms with E-state index in [9.17, 15) is 19.8 Å². The van der Waals surface area contributed by atoms with Gasteiger partial charge >= 0.3 is 5.97 Å². The maximum atomic E-state index is 12.4. The Balaban J connectivity index is 3.61. The number of nitrogens with one attached hydrogen (secondary N) is 1. The Hall–Kier alpha value is -1.92. The summed E-state index contributed by atoms with van der Waals surface area (Å²) in [7, 11) is 0. The molecule has 1 amide bonds. The van der Waals surface area contributed by atoms with Crippen molar-refractivity contribution in [2.75, 3.05) is 13.2 Å². The van der Waals surface area contributed by atoms with Crippen molar-refractivity contribution < 1.29 is 24.5 Å². The summed E-state index contributed by atoms with van der Waals surface area (Å²) in [5.74, 6) is -0.156. The van der Waals surface area contributed by atoms with Crippen molar-refractivity contribution >= 4 is 11.9 Å². The van der Waals surface area contributed by atoms with Gasteiger partial charge in [-0.15, -0.1) is 0 Å². The van der Waals surface area contributed by atoms with Gasteiger partial charge in [-0.05, 0) is 77.0 Å². The molecule has 2 atom stereocenters. The summed E-state index contributed by atoms with van der Waals surface area (Å²) in [6.07, 6.45) is 51.3. The molecule has 0 saturated carbocycles. The average molecular weight is 760 g/mol. The van der Waals surface area contributed by atoms with Crippen LogP contribution in [-0.4, -0.2) is 47.4 Å². The van der Waals surface area contributed by atoms with E-state index in [2.05, 4.69) is 43.5 Å². The minimum atomic E-state index is -0.866. The standard InChI is InChI=1S/C48H89NO5/c1-3-5-7-9-11-13-15-16-17-18-19-21-24-28-32-36-40-46(51)45(44-50)49-47(52)41-37-33-29-25-22-23-27-31-35-39-43-54-48(53)42-38-34-30-26-20-14-12-10-8-6-4-2/h10,12,23,27,36,40,45-46,50-51H,3-9,11,13-22,24-26,28-35,37-39,41-44H2,1-2H3,(H,49,52)/b12-10-,27-23-,40-36+. The number of aliphatic hydroxyl groups is 2. The fourth-order valence-electron chi connectivity index (χ4n) is 6.72. The van der Waals surface area contributed by atoms with Crippen molar-refractivity contribution in [2.24, 2.45) is 0 Å². The first-order valence-electron chi connectivity index (χ1n) is 23.3. The Labute approximate surface area is 334 Å². The number of allylic oxidation sites excluding steroid dienone is 5. The maximum Gasteiger partial charge on any atom is 0.305 e. The average Bonchev–Trinajstić information content (AvgIpc) is 3.17. The van der Waals surface area contributed by atoms with Crippen LogP contribution in [0.3, 0.4) is 0 Å². The zero-order chi connectivity index (χ0) is 39.4. The van der Waals surface area contributed by atoms with Crippen LogP contribution in [0.1, 0.15) is 232 Å². The normalized spacial score (nSPS) is 13.0. The Bertz CT molecular complexity index is 884. The van der Waals surface area contributed by atoms with Crippen LogP contribution in [0.2, 0.25) is 0 Å². The van der Waals surface area contributed by atoms with Crippen LogP contribution >= 0.6 is 0 Å². The molecule has 54 heavy (non-hydrogen) atoms. The van der Waals surface area contributed by atoms with E-state index in [0.717, 1.165) is 77.0 Å². The van der Waals surface area contributed by atoms with Gasteiger partial charge < -0.3 is 20.3 Å². The number of carbonyl (C=O) groups is 2. The van der Waals surface area contributed by atoms with Crippen LogP contribution in [0, 0.1) is 0 Å². The molecule has 0 aliphatic carbocycles. The first-order chi connectivity index (χ1) is 26.5. The van der Waals surface area contributed by atoms with Gasteiger partial charge in [0, 0.05) is 12.8 Å². The Morgan fingerprint density at radius 3 is 1.37 bits per heavy atom. The predicted octanol–water partition coefficient (Wildman–Crippen LogP) is 13.3. The lowest BCUT2D eigenvalue weighted by Gasteiger charge is -2.20. The van der Waals surface area contributed by atoms with Crippen LogP contribution in [0.15, 0.2) is 36.5 Å². The van der Waals surface area contributed by atoms with Gasteiger partial charge in [-0.3, -0.25) is 9.59 Å². The van der Waals surface area contributed by atoms with Gasteiger partial charge in [-0.2, -0.15) is 0 Å². The molecule has 0 aromatic carbocycles. The number of aliphatic hydroxyl groups excluding tert-OH is 2. The Morgan fingerprint density at radius 2 is 0.889 bits per heavy atom. The SMILES string of the molecule is CCCC/C=C\CCCCCCCC(=O)OCCCC/C=C\CCCCCCC(=O)NC(CO)C(O)/C=C/CCCCCCCCCCCCCCCC. The summed E-state index contributed by atoms with van der Waals surface area (Å²) in [6, 6.07) is -0.653. The molecule has 0 spiro atoms. The van der Waals surface area contributed by atoms with Gasteiger partial charge in [0.2, 0.25) is 5.91 Å². The lowest BCUT2D eigenvalue weighted by atomic mass is 10.0. The molecule has 0 aliphatic rings. The molecule has 2 unspecified atom stereocenters. The number of esters is 1. The second-order valence-corrected chi connectivity index (χ2v) is 15.7. The van der Waals surface area contributed by atoms with Crippen molar-refractivity contribution in [2.45, 2.75) is 244 Å². The van der Waals surface area contributed by atoms with Crippen LogP contribution in [0.4, 0.5) is 0 Å². The third-order valence-corrected chi connectivity index (χ3v) is 10.4. The van der Waals surface area contributed by atoms with Crippen molar-refractivity contribution in [1.29, 1.82) is 0 Å². The monoisotopic (exact) mass is 760 g/mol. The number of carbonyl (C=O) groups excluding carboxylic acids is 2. The lowest BCUT2D eigenvalue weighted by molar-refractivity contribution is -0.143. The van der Waals surface area contributed by atoms with Gasteiger partial charge in [-0.25, -0.2) is 0 Å². The van der Waals surface area contributed by atoms with Gasteiger partial charge in [0.25, 0.3) is 0 Å². The van der Waals surface area contributed by atoms with Crippen LogP contribution in [0.5, 0.6) is 0 Å². The van der Waals surface area contributed by atoms with E-state index < -0.39 is 12.1 Å². The molecule has 0 aromatic heterocycles. The Kier molecular flexibility index (Phi) is 42.2. The number of rotatable bonds is 42. The molecule has 0 radical (unpaired) electrons. The molecule has 0 fully saturated rings. The van der Waals surface area contributed by atoms with Crippen molar-refractivity contribution in [3.63, 3.8) is 0 Å². The highest BCUT2D eigenvalue weighted by Gasteiger charge is 2.18. The fraction of sp³-hybridized carbons (Fsp3) is 0.833. The number of unbranched alkanes of at least 4 members (excludes halogenated alkanes) is 27. The lowest BCUT2D eigenvalue weighted by Crippen LogP contribution is -2.45. The van der Waals surface area contributed by atoms with E-state index in [-0.39, 0.29) is 18.5 Å². The van der Waals surface area contributed by atoms with E-state index >= 15 is 0 Å². The van der Waals surface area contributed by atoms with Gasteiger partial charge in [0.1, 0.15) is 0 Å². The third kappa shape index (κ3) is 39.8. The molecule has 0 aliphatic heterocycles. The molecule has 0 heterocycles. The summed E-state index contributed by atoms with van der Waals surface area (Å²) >= 11 is 0. The molecule has 0 saturated heterocycles. The van der Waals surface area contributed by atoms with E-state index in [1.165, 1.54) is 128 Å². The molecule has 0 bridgehead atoms. The van der Waals surface area contributed by atoms with Crippen molar-refractivity contribution in [3.05, 3.63) is 36.5 Å².